The Labute approximate surface area is 172 Å². The Bertz CT molecular complexity index is 1100. The summed E-state index contributed by atoms with van der Waals surface area (Å²) in [7, 11) is 1.21. The minimum atomic E-state index is -2.34. The molecule has 162 valence electrons. The third-order valence-corrected chi connectivity index (χ3v) is 4.24. The highest BCUT2D eigenvalue weighted by Gasteiger charge is 2.36. The first kappa shape index (κ1) is 21.9. The van der Waals surface area contributed by atoms with Gasteiger partial charge in [-0.05, 0) is 30.7 Å². The van der Waals surface area contributed by atoms with Crippen LogP contribution in [0.1, 0.15) is 12.5 Å². The number of benzene rings is 2. The molecule has 1 amide bonds. The number of hydrogen-bond acceptors (Lipinski definition) is 5. The van der Waals surface area contributed by atoms with E-state index in [9.17, 15) is 31.5 Å². The lowest BCUT2D eigenvalue weighted by molar-refractivity contribution is -0.142. The first-order valence-electron chi connectivity index (χ1n) is 8.58. The molecule has 2 aromatic rings. The van der Waals surface area contributed by atoms with E-state index in [0.29, 0.717) is 11.3 Å². The maximum atomic E-state index is 14.1. The standard InChI is InChI=1S/C20H13F5N2O4/c1-9-12(7-10-3-5-11(6-4-10)31-8-13(28)30-2)20(29)27(26-9)19-17(24)15(22)14(21)16(23)18(19)25/h3-7H,8H2,1-2H3/b12-7+. The molecule has 0 spiro atoms. The summed E-state index contributed by atoms with van der Waals surface area (Å²) in [6.07, 6.45) is 1.32. The van der Waals surface area contributed by atoms with Crippen LogP contribution in [-0.4, -0.2) is 31.3 Å². The van der Waals surface area contributed by atoms with Crippen LogP contribution in [0, 0.1) is 29.1 Å². The molecule has 0 saturated carbocycles. The van der Waals surface area contributed by atoms with Gasteiger partial charge in [0.15, 0.2) is 29.9 Å². The van der Waals surface area contributed by atoms with E-state index in [2.05, 4.69) is 9.84 Å². The molecule has 2 aromatic carbocycles. The maximum absolute atomic E-state index is 14.1. The smallest absolute Gasteiger partial charge is 0.343 e. The average molecular weight is 440 g/mol. The molecule has 0 N–H and O–H groups in total. The number of hydrogen-bond donors (Lipinski definition) is 0. The van der Waals surface area contributed by atoms with Crippen molar-refractivity contribution in [2.24, 2.45) is 5.10 Å². The molecule has 0 radical (unpaired) electrons. The summed E-state index contributed by atoms with van der Waals surface area (Å²) in [6, 6.07) is 6.01. The molecule has 3 rings (SSSR count). The molecule has 0 aliphatic carbocycles. The fourth-order valence-electron chi connectivity index (χ4n) is 2.64. The summed E-state index contributed by atoms with van der Waals surface area (Å²) in [4.78, 5) is 23.7. The quantitative estimate of drug-likeness (QED) is 0.234. The van der Waals surface area contributed by atoms with E-state index in [1.165, 1.54) is 44.4 Å². The van der Waals surface area contributed by atoms with Crippen molar-refractivity contribution in [1.82, 2.24) is 0 Å². The Morgan fingerprint density at radius 1 is 1.00 bits per heavy atom. The summed E-state index contributed by atoms with van der Waals surface area (Å²) in [5, 5.41) is 3.78. The predicted molar refractivity (Wildman–Crippen MR) is 98.8 cm³/mol. The van der Waals surface area contributed by atoms with Gasteiger partial charge in [-0.1, -0.05) is 12.1 Å². The van der Waals surface area contributed by atoms with Crippen molar-refractivity contribution in [3.05, 3.63) is 64.5 Å². The van der Waals surface area contributed by atoms with Crippen LogP contribution in [0.4, 0.5) is 27.6 Å². The van der Waals surface area contributed by atoms with Crippen LogP contribution in [0.25, 0.3) is 6.08 Å². The number of hydrazone groups is 1. The zero-order valence-corrected chi connectivity index (χ0v) is 16.0. The number of carbonyl (C=O) groups excluding carboxylic acids is 2. The van der Waals surface area contributed by atoms with Gasteiger partial charge in [0.2, 0.25) is 5.82 Å². The highest BCUT2D eigenvalue weighted by Crippen LogP contribution is 2.34. The van der Waals surface area contributed by atoms with Crippen molar-refractivity contribution >= 4 is 29.4 Å². The van der Waals surface area contributed by atoms with Gasteiger partial charge in [-0.3, -0.25) is 4.79 Å². The van der Waals surface area contributed by atoms with Crippen molar-refractivity contribution in [3.8, 4) is 5.75 Å². The Kier molecular flexibility index (Phi) is 6.04. The number of esters is 1. The highest BCUT2D eigenvalue weighted by molar-refractivity contribution is 6.32. The third-order valence-electron chi connectivity index (χ3n) is 4.24. The van der Waals surface area contributed by atoms with Gasteiger partial charge in [0.25, 0.3) is 5.91 Å². The van der Waals surface area contributed by atoms with Crippen molar-refractivity contribution in [3.63, 3.8) is 0 Å². The van der Waals surface area contributed by atoms with Gasteiger partial charge < -0.3 is 9.47 Å². The summed E-state index contributed by atoms with van der Waals surface area (Å²) in [6.45, 7) is 1.03. The molecule has 0 atom stereocenters. The number of carbonyl (C=O) groups is 2. The molecule has 1 aliphatic rings. The Morgan fingerprint density at radius 2 is 1.55 bits per heavy atom. The molecule has 0 bridgehead atoms. The monoisotopic (exact) mass is 440 g/mol. The molecule has 0 aromatic heterocycles. The summed E-state index contributed by atoms with van der Waals surface area (Å²) >= 11 is 0. The van der Waals surface area contributed by atoms with E-state index in [-0.39, 0.29) is 22.9 Å². The molecular weight excluding hydrogens is 427 g/mol. The summed E-state index contributed by atoms with van der Waals surface area (Å²) in [5.41, 5.74) is -1.13. The fourth-order valence-corrected chi connectivity index (χ4v) is 2.64. The third kappa shape index (κ3) is 4.11. The van der Waals surface area contributed by atoms with Crippen LogP contribution in [0.2, 0.25) is 0 Å². The topological polar surface area (TPSA) is 68.2 Å². The van der Waals surface area contributed by atoms with Crippen molar-refractivity contribution in [2.45, 2.75) is 6.92 Å². The van der Waals surface area contributed by atoms with Gasteiger partial charge in [-0.25, -0.2) is 26.7 Å². The number of ether oxygens (including phenoxy) is 2. The molecule has 1 aliphatic heterocycles. The number of rotatable bonds is 5. The molecule has 31 heavy (non-hydrogen) atoms. The van der Waals surface area contributed by atoms with Gasteiger partial charge in [0.1, 0.15) is 11.4 Å². The largest absolute Gasteiger partial charge is 0.482 e. The molecule has 1 heterocycles. The van der Waals surface area contributed by atoms with Gasteiger partial charge in [0, 0.05) is 0 Å². The van der Waals surface area contributed by atoms with E-state index in [0.717, 1.165) is 0 Å². The number of amides is 1. The van der Waals surface area contributed by atoms with Crippen LogP contribution < -0.4 is 9.75 Å². The van der Waals surface area contributed by atoms with Crippen molar-refractivity contribution < 1.29 is 41.0 Å². The van der Waals surface area contributed by atoms with E-state index in [4.69, 9.17) is 4.74 Å². The fraction of sp³-hybridized carbons (Fsp3) is 0.150. The lowest BCUT2D eigenvalue weighted by atomic mass is 10.1. The maximum Gasteiger partial charge on any atom is 0.343 e. The van der Waals surface area contributed by atoms with E-state index in [1.54, 1.807) is 0 Å². The molecule has 11 heteroatoms. The predicted octanol–water partition coefficient (Wildman–Crippen LogP) is 3.74. The van der Waals surface area contributed by atoms with Crippen LogP contribution in [0.5, 0.6) is 5.75 Å². The molecule has 6 nitrogen and oxygen atoms in total. The number of halogens is 5. The van der Waals surface area contributed by atoms with Crippen LogP contribution in [0.15, 0.2) is 34.9 Å². The first-order chi connectivity index (χ1) is 14.6. The summed E-state index contributed by atoms with van der Waals surface area (Å²) in [5.74, 6) is -12.4. The lowest BCUT2D eigenvalue weighted by Crippen LogP contribution is -2.25. The van der Waals surface area contributed by atoms with E-state index >= 15 is 0 Å². The summed E-state index contributed by atoms with van der Waals surface area (Å²) < 4.78 is 78.0. The second-order valence-electron chi connectivity index (χ2n) is 6.21. The zero-order chi connectivity index (χ0) is 22.9. The van der Waals surface area contributed by atoms with E-state index < -0.39 is 46.6 Å². The van der Waals surface area contributed by atoms with Gasteiger partial charge in [-0.2, -0.15) is 10.1 Å². The second-order valence-corrected chi connectivity index (χ2v) is 6.21. The van der Waals surface area contributed by atoms with Gasteiger partial charge in [0.05, 0.1) is 18.4 Å². The van der Waals surface area contributed by atoms with Crippen molar-refractivity contribution in [1.29, 1.82) is 0 Å². The average Bonchev–Trinajstić information content (AvgIpc) is 3.03. The van der Waals surface area contributed by atoms with Gasteiger partial charge >= 0.3 is 5.97 Å². The normalized spacial score (nSPS) is 14.8. The molecular formula is C20H13F5N2O4. The molecule has 0 saturated heterocycles. The SMILES string of the molecule is COC(=O)COc1ccc(/C=C2/C(=O)N(c3c(F)c(F)c(F)c(F)c3F)N=C2C)cc1. The van der Waals surface area contributed by atoms with Crippen LogP contribution >= 0.6 is 0 Å². The number of methoxy groups -OCH3 is 1. The Hall–Kier alpha value is -3.76. The Balaban J connectivity index is 1.89. The first-order valence-corrected chi connectivity index (χ1v) is 8.58. The minimum absolute atomic E-state index is 0.0000379. The minimum Gasteiger partial charge on any atom is -0.482 e. The van der Waals surface area contributed by atoms with Gasteiger partial charge in [-0.15, -0.1) is 0 Å². The number of anilines is 1. The van der Waals surface area contributed by atoms with E-state index in [1.807, 2.05) is 0 Å². The Morgan fingerprint density at radius 3 is 2.10 bits per heavy atom. The van der Waals surface area contributed by atoms with Crippen molar-refractivity contribution in [2.75, 3.05) is 18.7 Å². The second kappa shape index (κ2) is 8.54. The highest BCUT2D eigenvalue weighted by atomic mass is 19.2. The molecule has 0 unspecified atom stereocenters. The number of nitrogens with zero attached hydrogens (tertiary/aromatic N) is 2. The van der Waals surface area contributed by atoms with Crippen LogP contribution in [-0.2, 0) is 14.3 Å². The zero-order valence-electron chi connectivity index (χ0n) is 16.0. The molecule has 0 fully saturated rings. The lowest BCUT2D eigenvalue weighted by Gasteiger charge is -2.15. The van der Waals surface area contributed by atoms with Crippen LogP contribution in [0.3, 0.4) is 0 Å².